The number of benzene rings is 1. The topological polar surface area (TPSA) is 45.2 Å². The third-order valence-corrected chi connectivity index (χ3v) is 5.01. The van der Waals surface area contributed by atoms with E-state index in [-0.39, 0.29) is 36.5 Å². The van der Waals surface area contributed by atoms with Crippen LogP contribution in [0.4, 0.5) is 4.39 Å². The number of nitrogens with zero attached hydrogens (tertiary/aromatic N) is 2. The lowest BCUT2D eigenvalue weighted by molar-refractivity contribution is 0.0747. The fraction of sp³-hybridized carbons (Fsp3) is 0.444. The van der Waals surface area contributed by atoms with Crippen molar-refractivity contribution in [3.8, 4) is 0 Å². The largest absolute Gasteiger partial charge is 0.337 e. The van der Waals surface area contributed by atoms with Crippen molar-refractivity contribution in [2.24, 2.45) is 0 Å². The van der Waals surface area contributed by atoms with Crippen LogP contribution in [0, 0.1) is 12.7 Å². The highest BCUT2D eigenvalue weighted by Gasteiger charge is 2.32. The van der Waals surface area contributed by atoms with Crippen LogP contribution in [0.3, 0.4) is 0 Å². The van der Waals surface area contributed by atoms with Gasteiger partial charge in [0.15, 0.2) is 0 Å². The molecule has 2 saturated heterocycles. The molecule has 0 saturated carbocycles. The van der Waals surface area contributed by atoms with Gasteiger partial charge in [0, 0.05) is 36.6 Å². The summed E-state index contributed by atoms with van der Waals surface area (Å²) in [6, 6.07) is 7.30. The number of carbonyl (C=O) groups is 1. The van der Waals surface area contributed by atoms with Crippen molar-refractivity contribution in [2.45, 2.75) is 38.3 Å². The molecule has 25 heavy (non-hydrogen) atoms. The predicted molar refractivity (Wildman–Crippen MR) is 101 cm³/mol. The fourth-order valence-corrected chi connectivity index (χ4v) is 3.75. The van der Waals surface area contributed by atoms with Gasteiger partial charge >= 0.3 is 0 Å². The Morgan fingerprint density at radius 3 is 2.76 bits per heavy atom. The maximum atomic E-state index is 13.3. The predicted octanol–water partition coefficient (Wildman–Crippen LogP) is 3.49. The van der Waals surface area contributed by atoms with Gasteiger partial charge in [-0.05, 0) is 44.4 Å². The van der Waals surface area contributed by atoms with Crippen LogP contribution in [0.2, 0.25) is 0 Å². The van der Waals surface area contributed by atoms with Gasteiger partial charge in [0.05, 0.1) is 16.8 Å². The molecule has 2 aliphatic rings. The van der Waals surface area contributed by atoms with Crippen molar-refractivity contribution in [1.82, 2.24) is 15.2 Å². The summed E-state index contributed by atoms with van der Waals surface area (Å²) in [7, 11) is 0. The molecule has 2 aliphatic heterocycles. The Balaban J connectivity index is 0.00000113. The van der Waals surface area contributed by atoms with E-state index in [1.165, 1.54) is 18.6 Å². The molecule has 2 unspecified atom stereocenters. The number of rotatable bonds is 1. The third kappa shape index (κ3) is 3.89. The van der Waals surface area contributed by atoms with Gasteiger partial charge in [0.25, 0.3) is 5.91 Å². The van der Waals surface area contributed by atoms with Crippen LogP contribution in [-0.2, 0) is 0 Å². The normalized spacial score (nSPS) is 22.1. The molecule has 1 aromatic heterocycles. The van der Waals surface area contributed by atoms with Crippen molar-refractivity contribution in [3.63, 3.8) is 0 Å². The quantitative estimate of drug-likeness (QED) is 0.816. The molecule has 0 aliphatic carbocycles. The summed E-state index contributed by atoms with van der Waals surface area (Å²) in [6.45, 7) is 3.37. The molecule has 136 valence electrons. The first-order valence-corrected chi connectivity index (χ1v) is 8.22. The summed E-state index contributed by atoms with van der Waals surface area (Å²) in [4.78, 5) is 19.3. The van der Waals surface area contributed by atoms with Crippen molar-refractivity contribution in [3.05, 3.63) is 41.3 Å². The van der Waals surface area contributed by atoms with E-state index in [1.807, 2.05) is 17.9 Å². The van der Waals surface area contributed by atoms with Crippen LogP contribution in [0.15, 0.2) is 24.3 Å². The van der Waals surface area contributed by atoms with Crippen LogP contribution < -0.4 is 5.32 Å². The van der Waals surface area contributed by atoms with E-state index in [0.717, 1.165) is 31.3 Å². The van der Waals surface area contributed by atoms with Gasteiger partial charge in [-0.1, -0.05) is 0 Å². The molecule has 2 atom stereocenters. The van der Waals surface area contributed by atoms with Crippen LogP contribution in [0.25, 0.3) is 10.9 Å². The highest BCUT2D eigenvalue weighted by Crippen LogP contribution is 2.23. The Hall–Kier alpha value is -1.43. The van der Waals surface area contributed by atoms with Gasteiger partial charge in [0.2, 0.25) is 0 Å². The number of aromatic nitrogens is 1. The van der Waals surface area contributed by atoms with E-state index in [4.69, 9.17) is 0 Å². The minimum atomic E-state index is -0.307. The van der Waals surface area contributed by atoms with Crippen molar-refractivity contribution in [2.75, 3.05) is 13.1 Å². The van der Waals surface area contributed by atoms with Crippen LogP contribution in [-0.4, -0.2) is 41.0 Å². The Morgan fingerprint density at radius 1 is 1.20 bits per heavy atom. The molecular formula is C18H22Cl2FN3O. The molecule has 0 radical (unpaired) electrons. The number of fused-ring (bicyclic) bond motifs is 3. The summed E-state index contributed by atoms with van der Waals surface area (Å²) in [5, 5.41) is 4.39. The molecule has 7 heteroatoms. The number of hydrogen-bond acceptors (Lipinski definition) is 3. The number of amides is 1. The average molecular weight is 386 g/mol. The molecule has 1 aromatic carbocycles. The van der Waals surface area contributed by atoms with Gasteiger partial charge in [-0.15, -0.1) is 24.8 Å². The SMILES string of the molecule is Cc1nc2cc(F)ccc2cc1C(=O)N1CCC2CCC(C1)N2.Cl.Cl. The molecular weight excluding hydrogens is 364 g/mol. The molecule has 1 amide bonds. The number of nitrogens with one attached hydrogen (secondary N) is 1. The number of pyridine rings is 1. The lowest BCUT2D eigenvalue weighted by Crippen LogP contribution is -2.39. The monoisotopic (exact) mass is 385 g/mol. The summed E-state index contributed by atoms with van der Waals surface area (Å²) in [5.41, 5.74) is 1.88. The molecule has 4 rings (SSSR count). The number of aryl methyl sites for hydroxylation is 1. The fourth-order valence-electron chi connectivity index (χ4n) is 3.75. The van der Waals surface area contributed by atoms with Gasteiger partial charge in [-0.3, -0.25) is 9.78 Å². The van der Waals surface area contributed by atoms with E-state index in [0.29, 0.717) is 28.9 Å². The Labute approximate surface area is 159 Å². The average Bonchev–Trinajstić information content (AvgIpc) is 2.85. The van der Waals surface area contributed by atoms with E-state index >= 15 is 0 Å². The first-order chi connectivity index (χ1) is 11.1. The zero-order valence-corrected chi connectivity index (χ0v) is 15.6. The Morgan fingerprint density at radius 2 is 1.96 bits per heavy atom. The summed E-state index contributed by atoms with van der Waals surface area (Å²) in [5.74, 6) is -0.270. The number of halogens is 3. The van der Waals surface area contributed by atoms with Gasteiger partial charge < -0.3 is 10.2 Å². The second kappa shape index (κ2) is 7.85. The highest BCUT2D eigenvalue weighted by molar-refractivity contribution is 5.98. The van der Waals surface area contributed by atoms with E-state index in [9.17, 15) is 9.18 Å². The smallest absolute Gasteiger partial charge is 0.255 e. The third-order valence-electron chi connectivity index (χ3n) is 5.01. The summed E-state index contributed by atoms with van der Waals surface area (Å²) in [6.07, 6.45) is 3.37. The van der Waals surface area contributed by atoms with E-state index in [2.05, 4.69) is 10.3 Å². The molecule has 0 spiro atoms. The lowest BCUT2D eigenvalue weighted by atomic mass is 10.1. The minimum Gasteiger partial charge on any atom is -0.337 e. The minimum absolute atomic E-state index is 0. The van der Waals surface area contributed by atoms with Crippen molar-refractivity contribution in [1.29, 1.82) is 0 Å². The van der Waals surface area contributed by atoms with Crippen LogP contribution in [0.5, 0.6) is 0 Å². The molecule has 2 fully saturated rings. The van der Waals surface area contributed by atoms with E-state index in [1.54, 1.807) is 6.07 Å². The first-order valence-electron chi connectivity index (χ1n) is 8.22. The van der Waals surface area contributed by atoms with Gasteiger partial charge in [-0.2, -0.15) is 0 Å². The van der Waals surface area contributed by atoms with Crippen LogP contribution >= 0.6 is 24.8 Å². The van der Waals surface area contributed by atoms with Gasteiger partial charge in [-0.25, -0.2) is 4.39 Å². The lowest BCUT2D eigenvalue weighted by Gasteiger charge is -2.25. The molecule has 2 bridgehead atoms. The maximum Gasteiger partial charge on any atom is 0.255 e. The zero-order chi connectivity index (χ0) is 16.0. The molecule has 3 heterocycles. The van der Waals surface area contributed by atoms with E-state index < -0.39 is 0 Å². The van der Waals surface area contributed by atoms with Crippen molar-refractivity contribution >= 4 is 41.6 Å². The highest BCUT2D eigenvalue weighted by atomic mass is 35.5. The summed E-state index contributed by atoms with van der Waals surface area (Å²) < 4.78 is 13.3. The van der Waals surface area contributed by atoms with Crippen molar-refractivity contribution < 1.29 is 9.18 Å². The Bertz CT molecular complexity index is 786. The molecule has 1 N–H and O–H groups in total. The standard InChI is InChI=1S/C18H20FN3O.2ClH/c1-11-16(8-12-2-3-13(19)9-17(12)20-11)18(23)22-7-6-14-4-5-15(10-22)21-14;;/h2-3,8-9,14-15,21H,4-7,10H2,1H3;2*1H. The zero-order valence-electron chi connectivity index (χ0n) is 14.0. The second-order valence-corrected chi connectivity index (χ2v) is 6.64. The molecule has 2 aromatic rings. The number of likely N-dealkylation sites (tertiary alicyclic amines) is 1. The first kappa shape index (κ1) is 19.9. The number of carbonyl (C=O) groups excluding carboxylic acids is 1. The molecule has 4 nitrogen and oxygen atoms in total. The summed E-state index contributed by atoms with van der Waals surface area (Å²) >= 11 is 0. The maximum absolute atomic E-state index is 13.3. The second-order valence-electron chi connectivity index (χ2n) is 6.64. The van der Waals surface area contributed by atoms with Gasteiger partial charge in [0.1, 0.15) is 5.82 Å². The van der Waals surface area contributed by atoms with Crippen LogP contribution in [0.1, 0.15) is 35.3 Å². The Kier molecular flexibility index (Phi) is 6.25. The number of hydrogen-bond donors (Lipinski definition) is 1.